The Morgan fingerprint density at radius 2 is 1.95 bits per heavy atom. The number of hydrogen-bond acceptors (Lipinski definition) is 4. The molecule has 0 radical (unpaired) electrons. The minimum atomic E-state index is -0.709. The van der Waals surface area contributed by atoms with Crippen LogP contribution in [-0.2, 0) is 16.0 Å². The Bertz CT molecular complexity index is 459. The molecule has 0 heterocycles. The van der Waals surface area contributed by atoms with E-state index in [-0.39, 0.29) is 24.1 Å². The zero-order valence-corrected chi connectivity index (χ0v) is 11.8. The zero-order chi connectivity index (χ0) is 15.1. The smallest absolute Gasteiger partial charge is 0.240 e. The molecule has 0 spiro atoms. The van der Waals surface area contributed by atoms with Crippen LogP contribution in [-0.4, -0.2) is 48.0 Å². The molecule has 0 aromatic heterocycles. The molecule has 1 rings (SSSR count). The number of nitrogens with two attached hydrogens (primary N) is 1. The van der Waals surface area contributed by atoms with E-state index in [0.29, 0.717) is 13.0 Å². The van der Waals surface area contributed by atoms with E-state index in [2.05, 4.69) is 5.32 Å². The molecule has 20 heavy (non-hydrogen) atoms. The first kappa shape index (κ1) is 16.0. The van der Waals surface area contributed by atoms with Crippen molar-refractivity contribution in [2.45, 2.75) is 19.4 Å². The Hall–Kier alpha value is -2.08. The standard InChI is InChI=1S/C14H21N3O3/c1-3-16-13(19)9-17(2)14(20)12(15)8-10-4-6-11(18)7-5-10/h4-7,12,18H,3,8-9,15H2,1-2H3,(H,16,19). The summed E-state index contributed by atoms with van der Waals surface area (Å²) in [5.41, 5.74) is 6.71. The molecule has 6 nitrogen and oxygen atoms in total. The largest absolute Gasteiger partial charge is 0.508 e. The average molecular weight is 279 g/mol. The maximum atomic E-state index is 12.0. The topological polar surface area (TPSA) is 95.7 Å². The van der Waals surface area contributed by atoms with Gasteiger partial charge in [0.25, 0.3) is 0 Å². The van der Waals surface area contributed by atoms with Crippen LogP contribution in [0.2, 0.25) is 0 Å². The molecular weight excluding hydrogens is 258 g/mol. The number of aromatic hydroxyl groups is 1. The molecule has 1 atom stereocenters. The van der Waals surface area contributed by atoms with Crippen molar-refractivity contribution in [1.82, 2.24) is 10.2 Å². The predicted octanol–water partition coefficient (Wildman–Crippen LogP) is -0.143. The Morgan fingerprint density at radius 3 is 2.50 bits per heavy atom. The van der Waals surface area contributed by atoms with Crippen LogP contribution < -0.4 is 11.1 Å². The van der Waals surface area contributed by atoms with Gasteiger partial charge in [0.1, 0.15) is 5.75 Å². The highest BCUT2D eigenvalue weighted by Gasteiger charge is 2.20. The van der Waals surface area contributed by atoms with Gasteiger partial charge in [0.2, 0.25) is 11.8 Å². The van der Waals surface area contributed by atoms with Crippen LogP contribution in [0.3, 0.4) is 0 Å². The van der Waals surface area contributed by atoms with Gasteiger partial charge in [-0.25, -0.2) is 0 Å². The van der Waals surface area contributed by atoms with Gasteiger partial charge in [-0.05, 0) is 31.0 Å². The van der Waals surface area contributed by atoms with Crippen molar-refractivity contribution < 1.29 is 14.7 Å². The molecule has 0 saturated heterocycles. The van der Waals surface area contributed by atoms with Crippen molar-refractivity contribution in [2.24, 2.45) is 5.73 Å². The molecule has 1 unspecified atom stereocenters. The van der Waals surface area contributed by atoms with Crippen molar-refractivity contribution in [1.29, 1.82) is 0 Å². The maximum Gasteiger partial charge on any atom is 0.240 e. The van der Waals surface area contributed by atoms with Gasteiger partial charge in [0.15, 0.2) is 0 Å². The second-order valence-electron chi connectivity index (χ2n) is 4.62. The highest BCUT2D eigenvalue weighted by molar-refractivity contribution is 5.87. The number of hydrogen-bond donors (Lipinski definition) is 3. The highest BCUT2D eigenvalue weighted by atomic mass is 16.3. The summed E-state index contributed by atoms with van der Waals surface area (Å²) in [6.07, 6.45) is 0.360. The second-order valence-corrected chi connectivity index (χ2v) is 4.62. The van der Waals surface area contributed by atoms with Gasteiger partial charge in [-0.1, -0.05) is 12.1 Å². The van der Waals surface area contributed by atoms with Gasteiger partial charge in [-0.15, -0.1) is 0 Å². The van der Waals surface area contributed by atoms with E-state index in [1.165, 1.54) is 4.90 Å². The lowest BCUT2D eigenvalue weighted by atomic mass is 10.1. The lowest BCUT2D eigenvalue weighted by Gasteiger charge is -2.20. The van der Waals surface area contributed by atoms with Crippen molar-refractivity contribution in [3.63, 3.8) is 0 Å². The summed E-state index contributed by atoms with van der Waals surface area (Å²) in [4.78, 5) is 24.7. The van der Waals surface area contributed by atoms with Crippen molar-refractivity contribution in [2.75, 3.05) is 20.1 Å². The van der Waals surface area contributed by atoms with Crippen LogP contribution in [0, 0.1) is 0 Å². The number of carbonyl (C=O) groups is 2. The molecule has 2 amide bonds. The van der Waals surface area contributed by atoms with E-state index in [1.54, 1.807) is 31.3 Å². The van der Waals surface area contributed by atoms with Gasteiger partial charge in [0, 0.05) is 13.6 Å². The Morgan fingerprint density at radius 1 is 1.35 bits per heavy atom. The molecule has 0 saturated carbocycles. The lowest BCUT2D eigenvalue weighted by molar-refractivity contribution is -0.135. The summed E-state index contributed by atoms with van der Waals surface area (Å²) in [7, 11) is 1.55. The number of benzene rings is 1. The number of nitrogens with zero attached hydrogens (tertiary/aromatic N) is 1. The molecule has 0 bridgehead atoms. The summed E-state index contributed by atoms with van der Waals surface area (Å²) < 4.78 is 0. The molecule has 110 valence electrons. The third-order valence-corrected chi connectivity index (χ3v) is 2.84. The van der Waals surface area contributed by atoms with E-state index in [4.69, 9.17) is 5.73 Å². The van der Waals surface area contributed by atoms with Crippen LogP contribution in [0.4, 0.5) is 0 Å². The molecule has 1 aromatic rings. The minimum absolute atomic E-state index is 0.00402. The normalized spacial score (nSPS) is 11.8. The van der Waals surface area contributed by atoms with Crippen molar-refractivity contribution >= 4 is 11.8 Å². The molecule has 4 N–H and O–H groups in total. The summed E-state index contributed by atoms with van der Waals surface area (Å²) in [6, 6.07) is 5.81. The van der Waals surface area contributed by atoms with E-state index in [9.17, 15) is 14.7 Å². The summed E-state index contributed by atoms with van der Waals surface area (Å²) in [6.45, 7) is 2.34. The lowest BCUT2D eigenvalue weighted by Crippen LogP contribution is -2.46. The Kier molecular flexibility index (Phi) is 5.99. The molecule has 0 aliphatic heterocycles. The predicted molar refractivity (Wildman–Crippen MR) is 76.1 cm³/mol. The van der Waals surface area contributed by atoms with Crippen LogP contribution in [0.25, 0.3) is 0 Å². The monoisotopic (exact) mass is 279 g/mol. The number of carbonyl (C=O) groups excluding carboxylic acids is 2. The van der Waals surface area contributed by atoms with Crippen LogP contribution in [0.5, 0.6) is 5.75 Å². The quantitative estimate of drug-likeness (QED) is 0.675. The first-order valence-electron chi connectivity index (χ1n) is 6.49. The number of phenolic OH excluding ortho intramolecular Hbond substituents is 1. The zero-order valence-electron chi connectivity index (χ0n) is 11.8. The molecular formula is C14H21N3O3. The Labute approximate surface area is 118 Å². The number of likely N-dealkylation sites (N-methyl/N-ethyl adjacent to an activating group) is 2. The number of amides is 2. The van der Waals surface area contributed by atoms with Gasteiger partial charge >= 0.3 is 0 Å². The molecule has 6 heteroatoms. The Balaban J connectivity index is 2.53. The fraction of sp³-hybridized carbons (Fsp3) is 0.429. The van der Waals surface area contributed by atoms with Crippen LogP contribution in [0.15, 0.2) is 24.3 Å². The highest BCUT2D eigenvalue weighted by Crippen LogP contribution is 2.11. The SMILES string of the molecule is CCNC(=O)CN(C)C(=O)C(N)Cc1ccc(O)cc1. The van der Waals surface area contributed by atoms with Crippen LogP contribution >= 0.6 is 0 Å². The van der Waals surface area contributed by atoms with E-state index in [0.717, 1.165) is 5.56 Å². The summed E-state index contributed by atoms with van der Waals surface area (Å²) >= 11 is 0. The van der Waals surface area contributed by atoms with Gasteiger partial charge in [-0.3, -0.25) is 9.59 Å². The minimum Gasteiger partial charge on any atom is -0.508 e. The third-order valence-electron chi connectivity index (χ3n) is 2.84. The fourth-order valence-corrected chi connectivity index (χ4v) is 1.80. The van der Waals surface area contributed by atoms with Gasteiger partial charge < -0.3 is 21.1 Å². The van der Waals surface area contributed by atoms with E-state index < -0.39 is 6.04 Å². The first-order valence-corrected chi connectivity index (χ1v) is 6.49. The molecule has 0 aliphatic rings. The average Bonchev–Trinajstić information content (AvgIpc) is 2.40. The van der Waals surface area contributed by atoms with E-state index >= 15 is 0 Å². The van der Waals surface area contributed by atoms with Gasteiger partial charge in [0.05, 0.1) is 12.6 Å². The second kappa shape index (κ2) is 7.49. The van der Waals surface area contributed by atoms with Crippen molar-refractivity contribution in [3.05, 3.63) is 29.8 Å². The summed E-state index contributed by atoms with van der Waals surface area (Å²) in [5, 5.41) is 11.8. The number of phenols is 1. The number of nitrogens with one attached hydrogen (secondary N) is 1. The summed E-state index contributed by atoms with van der Waals surface area (Å²) in [5.74, 6) is -0.327. The van der Waals surface area contributed by atoms with Gasteiger partial charge in [-0.2, -0.15) is 0 Å². The molecule has 1 aromatic carbocycles. The maximum absolute atomic E-state index is 12.0. The molecule has 0 aliphatic carbocycles. The first-order chi connectivity index (χ1) is 9.43. The number of rotatable bonds is 6. The van der Waals surface area contributed by atoms with E-state index in [1.807, 2.05) is 6.92 Å². The van der Waals surface area contributed by atoms with Crippen molar-refractivity contribution in [3.8, 4) is 5.75 Å². The molecule has 0 fully saturated rings. The fourth-order valence-electron chi connectivity index (χ4n) is 1.80. The third kappa shape index (κ3) is 4.89. The van der Waals surface area contributed by atoms with Crippen LogP contribution in [0.1, 0.15) is 12.5 Å².